The molecule has 0 saturated carbocycles. The van der Waals surface area contributed by atoms with Gasteiger partial charge in [-0.1, -0.05) is 13.3 Å². The minimum atomic E-state index is -0.593. The second-order valence-corrected chi connectivity index (χ2v) is 4.16. The summed E-state index contributed by atoms with van der Waals surface area (Å²) in [4.78, 5) is 23.1. The Balaban J connectivity index is 4.62. The lowest BCUT2D eigenvalue weighted by molar-refractivity contribution is -0.140. The van der Waals surface area contributed by atoms with Gasteiger partial charge in [-0.3, -0.25) is 4.79 Å². The first-order chi connectivity index (χ1) is 8.06. The molecule has 0 bridgehead atoms. The van der Waals surface area contributed by atoms with Crippen molar-refractivity contribution in [1.82, 2.24) is 5.32 Å². The van der Waals surface area contributed by atoms with Crippen molar-refractivity contribution in [3.63, 3.8) is 0 Å². The van der Waals surface area contributed by atoms with Crippen molar-refractivity contribution in [3.8, 4) is 0 Å². The maximum absolute atomic E-state index is 11.6. The number of rotatable bonds is 7. The molecule has 0 heterocycles. The fourth-order valence-corrected chi connectivity index (χ4v) is 1.40. The number of nitrogens with two attached hydrogens (primary N) is 1. The molecular formula is C11H20N2O3S. The number of carbonyl (C=O) groups is 2. The highest BCUT2D eigenvalue weighted by molar-refractivity contribution is 8.02. The predicted molar refractivity (Wildman–Crippen MR) is 69.0 cm³/mol. The van der Waals surface area contributed by atoms with Crippen LogP contribution in [0, 0.1) is 0 Å². The fraction of sp³-hybridized carbons (Fsp3) is 0.636. The molecule has 0 aliphatic carbocycles. The van der Waals surface area contributed by atoms with Gasteiger partial charge in [0.15, 0.2) is 5.70 Å². The Morgan fingerprint density at radius 1 is 1.35 bits per heavy atom. The predicted octanol–water partition coefficient (Wildman–Crippen LogP) is 1.35. The van der Waals surface area contributed by atoms with Crippen LogP contribution in [0.1, 0.15) is 33.1 Å². The Kier molecular flexibility index (Phi) is 8.31. The molecule has 0 aromatic rings. The topological polar surface area (TPSA) is 81.4 Å². The molecule has 5 nitrogen and oxygen atoms in total. The first-order valence-corrected chi connectivity index (χ1v) is 6.79. The first-order valence-electron chi connectivity index (χ1n) is 5.57. The van der Waals surface area contributed by atoms with Gasteiger partial charge in [-0.2, -0.15) is 0 Å². The number of amides is 1. The molecule has 6 heteroatoms. The Morgan fingerprint density at radius 2 is 2.00 bits per heavy atom. The lowest BCUT2D eigenvalue weighted by Crippen LogP contribution is -2.30. The van der Waals surface area contributed by atoms with Crippen LogP contribution in [0.3, 0.4) is 0 Å². The molecule has 17 heavy (non-hydrogen) atoms. The van der Waals surface area contributed by atoms with Crippen LogP contribution < -0.4 is 11.1 Å². The van der Waals surface area contributed by atoms with Crippen molar-refractivity contribution in [2.24, 2.45) is 5.73 Å². The van der Waals surface area contributed by atoms with E-state index in [-0.39, 0.29) is 23.2 Å². The van der Waals surface area contributed by atoms with Gasteiger partial charge in [-0.15, -0.1) is 11.8 Å². The molecule has 0 aliphatic heterocycles. The lowest BCUT2D eigenvalue weighted by atomic mass is 10.2. The van der Waals surface area contributed by atoms with Gasteiger partial charge >= 0.3 is 5.97 Å². The minimum Gasteiger partial charge on any atom is -0.461 e. The van der Waals surface area contributed by atoms with Gasteiger partial charge in [0.05, 0.1) is 11.6 Å². The number of esters is 1. The smallest absolute Gasteiger partial charge is 0.357 e. The summed E-state index contributed by atoms with van der Waals surface area (Å²) in [5.41, 5.74) is 5.69. The van der Waals surface area contributed by atoms with E-state index in [0.717, 1.165) is 12.8 Å². The van der Waals surface area contributed by atoms with E-state index in [1.807, 2.05) is 6.92 Å². The van der Waals surface area contributed by atoms with E-state index in [0.29, 0.717) is 6.42 Å². The number of hydrogen-bond acceptors (Lipinski definition) is 5. The summed E-state index contributed by atoms with van der Waals surface area (Å²) in [5, 5.41) is 2.77. The maximum atomic E-state index is 11.6. The number of unbranched alkanes of at least 4 members (excludes halogenated alkanes) is 1. The van der Waals surface area contributed by atoms with E-state index in [1.54, 1.807) is 13.2 Å². The molecule has 0 spiro atoms. The van der Waals surface area contributed by atoms with Crippen LogP contribution in [-0.2, 0) is 14.3 Å². The van der Waals surface area contributed by atoms with Gasteiger partial charge < -0.3 is 15.8 Å². The molecule has 0 radical (unpaired) electrons. The fourth-order valence-electron chi connectivity index (χ4n) is 1.06. The van der Waals surface area contributed by atoms with Crippen LogP contribution in [0.5, 0.6) is 0 Å². The molecule has 0 aromatic heterocycles. The number of nitrogens with one attached hydrogen (secondary N) is 1. The summed E-state index contributed by atoms with van der Waals surface area (Å²) in [6, 6.07) is 0. The second-order valence-electron chi connectivity index (χ2n) is 3.32. The van der Waals surface area contributed by atoms with Crippen molar-refractivity contribution in [3.05, 3.63) is 10.7 Å². The van der Waals surface area contributed by atoms with Crippen molar-refractivity contribution in [1.29, 1.82) is 0 Å². The standard InChI is InChI=1S/C11H20N2O3S/c1-4-6-7-8(14)13-9(10(12)17-3)11(15)16-5-2/h4-7,12H2,1-3H3,(H,13,14)/b10-9+. The largest absolute Gasteiger partial charge is 0.461 e. The Hall–Kier alpha value is -1.17. The van der Waals surface area contributed by atoms with Crippen molar-refractivity contribution in [2.75, 3.05) is 12.9 Å². The second kappa shape index (κ2) is 8.92. The van der Waals surface area contributed by atoms with Crippen LogP contribution in [-0.4, -0.2) is 24.7 Å². The highest BCUT2D eigenvalue weighted by Gasteiger charge is 2.17. The molecular weight excluding hydrogens is 240 g/mol. The third-order valence-corrected chi connectivity index (χ3v) is 2.61. The summed E-state index contributed by atoms with van der Waals surface area (Å²) < 4.78 is 4.83. The highest BCUT2D eigenvalue weighted by atomic mass is 32.2. The summed E-state index contributed by atoms with van der Waals surface area (Å²) in [6.07, 6.45) is 3.80. The summed E-state index contributed by atoms with van der Waals surface area (Å²) in [6.45, 7) is 3.93. The molecule has 1 amide bonds. The zero-order valence-corrected chi connectivity index (χ0v) is 11.4. The molecule has 98 valence electrons. The third kappa shape index (κ3) is 6.21. The molecule has 0 aliphatic rings. The molecule has 0 rings (SSSR count). The van der Waals surface area contributed by atoms with Gasteiger partial charge in [0.1, 0.15) is 0 Å². The minimum absolute atomic E-state index is 0.0421. The zero-order chi connectivity index (χ0) is 13.3. The number of ether oxygens (including phenoxy) is 1. The van der Waals surface area contributed by atoms with Gasteiger partial charge in [0.2, 0.25) is 5.91 Å². The van der Waals surface area contributed by atoms with Crippen LogP contribution in [0.4, 0.5) is 0 Å². The Morgan fingerprint density at radius 3 is 2.47 bits per heavy atom. The highest BCUT2D eigenvalue weighted by Crippen LogP contribution is 2.10. The molecule has 0 fully saturated rings. The summed E-state index contributed by atoms with van der Waals surface area (Å²) in [7, 11) is 0. The Labute approximate surface area is 106 Å². The van der Waals surface area contributed by atoms with Crippen LogP contribution in [0.2, 0.25) is 0 Å². The van der Waals surface area contributed by atoms with E-state index in [9.17, 15) is 9.59 Å². The van der Waals surface area contributed by atoms with Gasteiger partial charge in [0.25, 0.3) is 0 Å². The van der Waals surface area contributed by atoms with E-state index >= 15 is 0 Å². The lowest BCUT2D eigenvalue weighted by Gasteiger charge is -2.11. The average Bonchev–Trinajstić information content (AvgIpc) is 2.32. The molecule has 0 unspecified atom stereocenters. The third-order valence-electron chi connectivity index (χ3n) is 1.97. The van der Waals surface area contributed by atoms with Crippen LogP contribution in [0.15, 0.2) is 10.7 Å². The number of carbonyl (C=O) groups excluding carboxylic acids is 2. The molecule has 0 saturated heterocycles. The monoisotopic (exact) mass is 260 g/mol. The molecule has 0 atom stereocenters. The van der Waals surface area contributed by atoms with Crippen LogP contribution in [0.25, 0.3) is 0 Å². The van der Waals surface area contributed by atoms with Gasteiger partial charge in [-0.05, 0) is 19.6 Å². The van der Waals surface area contributed by atoms with E-state index < -0.39 is 5.97 Å². The molecule has 3 N–H and O–H groups in total. The van der Waals surface area contributed by atoms with Crippen molar-refractivity contribution >= 4 is 23.6 Å². The SMILES string of the molecule is CCCCC(=O)N/C(C(=O)OCC)=C(\N)SC. The van der Waals surface area contributed by atoms with Crippen LogP contribution >= 0.6 is 11.8 Å². The summed E-state index contributed by atoms with van der Waals surface area (Å²) >= 11 is 1.19. The first kappa shape index (κ1) is 15.8. The van der Waals surface area contributed by atoms with Crippen molar-refractivity contribution < 1.29 is 14.3 Å². The quantitative estimate of drug-likeness (QED) is 0.533. The van der Waals surface area contributed by atoms with Gasteiger partial charge in [0, 0.05) is 6.42 Å². The average molecular weight is 260 g/mol. The van der Waals surface area contributed by atoms with E-state index in [4.69, 9.17) is 10.5 Å². The van der Waals surface area contributed by atoms with E-state index in [2.05, 4.69) is 5.32 Å². The van der Waals surface area contributed by atoms with E-state index in [1.165, 1.54) is 11.8 Å². The zero-order valence-electron chi connectivity index (χ0n) is 10.5. The normalized spacial score (nSPS) is 11.7. The number of thioether (sulfide) groups is 1. The van der Waals surface area contributed by atoms with Gasteiger partial charge in [-0.25, -0.2) is 4.79 Å². The number of hydrogen-bond donors (Lipinski definition) is 2. The maximum Gasteiger partial charge on any atom is 0.357 e. The van der Waals surface area contributed by atoms with Crippen molar-refractivity contribution in [2.45, 2.75) is 33.1 Å². The molecule has 0 aromatic carbocycles. The Bertz CT molecular complexity index is 303. The summed E-state index contributed by atoms with van der Waals surface area (Å²) in [5.74, 6) is -0.809.